The van der Waals surface area contributed by atoms with Gasteiger partial charge in [-0.3, -0.25) is 9.00 Å². The van der Waals surface area contributed by atoms with E-state index in [2.05, 4.69) is 0 Å². The minimum atomic E-state index is -1.23. The van der Waals surface area contributed by atoms with Gasteiger partial charge in [0.25, 0.3) is 0 Å². The van der Waals surface area contributed by atoms with Crippen LogP contribution in [0.2, 0.25) is 0 Å². The number of hydrogen-bond donors (Lipinski definition) is 0. The van der Waals surface area contributed by atoms with Gasteiger partial charge in [-0.05, 0) is 18.1 Å². The van der Waals surface area contributed by atoms with Crippen molar-refractivity contribution in [1.29, 1.82) is 0 Å². The van der Waals surface area contributed by atoms with Gasteiger partial charge in [-0.25, -0.2) is 0 Å². The quantitative estimate of drug-likeness (QED) is 0.773. The van der Waals surface area contributed by atoms with Crippen LogP contribution in [-0.4, -0.2) is 33.1 Å². The van der Waals surface area contributed by atoms with Crippen molar-refractivity contribution in [2.75, 3.05) is 12.8 Å². The molecular weight excluding hydrogens is 318 g/mol. The second-order valence-electron chi connectivity index (χ2n) is 5.68. The van der Waals surface area contributed by atoms with Crippen LogP contribution in [-0.2, 0) is 22.1 Å². The molecule has 1 amide bonds. The summed E-state index contributed by atoms with van der Waals surface area (Å²) in [6.45, 7) is 2.26. The molecule has 4 heteroatoms. The minimum absolute atomic E-state index is 0.0923. The maximum Gasteiger partial charge on any atom is 0.238 e. The lowest BCUT2D eigenvalue weighted by Crippen LogP contribution is -2.37. The SMILES string of the molecule is C[C@H](C(=O)N(C)Cc1ccccc1)[S@@](=O)C/C=C/c1ccccc1. The number of nitrogens with zero attached hydrogens (tertiary/aromatic N) is 1. The lowest BCUT2D eigenvalue weighted by molar-refractivity contribution is -0.129. The van der Waals surface area contributed by atoms with Gasteiger partial charge in [-0.15, -0.1) is 0 Å². The molecule has 0 unspecified atom stereocenters. The summed E-state index contributed by atoms with van der Waals surface area (Å²) in [6, 6.07) is 19.7. The third-order valence-corrected chi connectivity index (χ3v) is 5.26. The van der Waals surface area contributed by atoms with E-state index in [0.717, 1.165) is 11.1 Å². The van der Waals surface area contributed by atoms with E-state index in [-0.39, 0.29) is 5.91 Å². The second-order valence-corrected chi connectivity index (χ2v) is 7.48. The van der Waals surface area contributed by atoms with Gasteiger partial charge in [0.05, 0.1) is 0 Å². The first kappa shape index (κ1) is 18.1. The van der Waals surface area contributed by atoms with Crippen molar-refractivity contribution in [3.8, 4) is 0 Å². The van der Waals surface area contributed by atoms with Crippen LogP contribution in [0.15, 0.2) is 66.7 Å². The Hall–Kier alpha value is -2.20. The van der Waals surface area contributed by atoms with E-state index in [0.29, 0.717) is 12.3 Å². The van der Waals surface area contributed by atoms with Crippen LogP contribution >= 0.6 is 0 Å². The Bertz CT molecular complexity index is 698. The molecule has 0 heterocycles. The van der Waals surface area contributed by atoms with Gasteiger partial charge >= 0.3 is 0 Å². The fourth-order valence-electron chi connectivity index (χ4n) is 2.35. The maximum absolute atomic E-state index is 12.4. The molecule has 2 rings (SSSR count). The molecule has 0 aliphatic heterocycles. The first-order chi connectivity index (χ1) is 11.6. The zero-order chi connectivity index (χ0) is 17.4. The Balaban J connectivity index is 1.87. The predicted octanol–water partition coefficient (Wildman–Crippen LogP) is 3.50. The smallest absolute Gasteiger partial charge is 0.238 e. The van der Waals surface area contributed by atoms with Gasteiger partial charge in [-0.1, -0.05) is 72.8 Å². The Morgan fingerprint density at radius 1 is 1.08 bits per heavy atom. The van der Waals surface area contributed by atoms with Gasteiger partial charge < -0.3 is 4.90 Å². The van der Waals surface area contributed by atoms with Gasteiger partial charge in [0, 0.05) is 30.1 Å². The summed E-state index contributed by atoms with van der Waals surface area (Å²) in [7, 11) is 0.528. The van der Waals surface area contributed by atoms with Gasteiger partial charge in [0.2, 0.25) is 5.91 Å². The Morgan fingerprint density at radius 3 is 2.29 bits per heavy atom. The van der Waals surface area contributed by atoms with Crippen LogP contribution in [0.3, 0.4) is 0 Å². The van der Waals surface area contributed by atoms with Gasteiger partial charge in [0.15, 0.2) is 0 Å². The average Bonchev–Trinajstić information content (AvgIpc) is 2.62. The Labute approximate surface area is 146 Å². The van der Waals surface area contributed by atoms with Crippen molar-refractivity contribution in [2.45, 2.75) is 18.7 Å². The van der Waals surface area contributed by atoms with Crippen LogP contribution in [0.5, 0.6) is 0 Å². The van der Waals surface area contributed by atoms with Gasteiger partial charge in [0.1, 0.15) is 5.25 Å². The van der Waals surface area contributed by atoms with Crippen molar-refractivity contribution in [3.63, 3.8) is 0 Å². The second kappa shape index (κ2) is 9.18. The summed E-state index contributed by atoms with van der Waals surface area (Å²) < 4.78 is 12.3. The van der Waals surface area contributed by atoms with E-state index in [1.54, 1.807) is 18.9 Å². The molecule has 0 fully saturated rings. The van der Waals surface area contributed by atoms with Crippen LogP contribution in [0.25, 0.3) is 6.08 Å². The molecule has 0 N–H and O–H groups in total. The van der Waals surface area contributed by atoms with Crippen LogP contribution in [0.4, 0.5) is 0 Å². The van der Waals surface area contributed by atoms with E-state index in [1.807, 2.05) is 72.8 Å². The normalized spacial score (nSPS) is 13.6. The van der Waals surface area contributed by atoms with Crippen molar-refractivity contribution in [1.82, 2.24) is 4.90 Å². The standard InChI is InChI=1S/C20H23NO2S/c1-17(20(22)21(2)16-19-12-7-4-8-13-19)24(23)15-9-14-18-10-5-3-6-11-18/h3-14,17H,15-16H2,1-2H3/b14-9+/t17-,24+/m1/s1. The summed E-state index contributed by atoms with van der Waals surface area (Å²) in [5.74, 6) is 0.284. The third kappa shape index (κ3) is 5.46. The van der Waals surface area contributed by atoms with Crippen molar-refractivity contribution >= 4 is 22.8 Å². The predicted molar refractivity (Wildman–Crippen MR) is 101 cm³/mol. The van der Waals surface area contributed by atoms with Crippen molar-refractivity contribution in [3.05, 3.63) is 77.9 Å². The zero-order valence-electron chi connectivity index (χ0n) is 14.1. The number of rotatable bonds is 7. The first-order valence-corrected chi connectivity index (χ1v) is 9.34. The fraction of sp³-hybridized carbons (Fsp3) is 0.250. The molecule has 2 atom stereocenters. The maximum atomic E-state index is 12.4. The number of benzene rings is 2. The minimum Gasteiger partial charge on any atom is -0.340 e. The molecule has 0 bridgehead atoms. The highest BCUT2D eigenvalue weighted by molar-refractivity contribution is 7.86. The summed E-state index contributed by atoms with van der Waals surface area (Å²) in [6.07, 6.45) is 3.80. The molecule has 0 saturated carbocycles. The van der Waals surface area contributed by atoms with Crippen LogP contribution in [0, 0.1) is 0 Å². The van der Waals surface area contributed by atoms with E-state index in [9.17, 15) is 9.00 Å². The molecule has 0 radical (unpaired) electrons. The van der Waals surface area contributed by atoms with E-state index in [1.165, 1.54) is 0 Å². The molecule has 126 valence electrons. The summed E-state index contributed by atoms with van der Waals surface area (Å²) in [5, 5.41) is -0.515. The zero-order valence-corrected chi connectivity index (χ0v) is 14.9. The molecule has 0 spiro atoms. The molecule has 0 aromatic heterocycles. The number of carbonyl (C=O) groups is 1. The largest absolute Gasteiger partial charge is 0.340 e. The summed E-state index contributed by atoms with van der Waals surface area (Å²) in [5.41, 5.74) is 2.13. The highest BCUT2D eigenvalue weighted by atomic mass is 32.2. The Morgan fingerprint density at radius 2 is 1.67 bits per heavy atom. The molecule has 0 aliphatic rings. The molecule has 24 heavy (non-hydrogen) atoms. The molecule has 0 saturated heterocycles. The van der Waals surface area contributed by atoms with Gasteiger partial charge in [-0.2, -0.15) is 0 Å². The highest BCUT2D eigenvalue weighted by Crippen LogP contribution is 2.08. The number of hydrogen-bond acceptors (Lipinski definition) is 2. The van der Waals surface area contributed by atoms with E-state index < -0.39 is 16.0 Å². The van der Waals surface area contributed by atoms with E-state index >= 15 is 0 Å². The summed E-state index contributed by atoms with van der Waals surface area (Å²) in [4.78, 5) is 14.1. The lowest BCUT2D eigenvalue weighted by atomic mass is 10.2. The number of carbonyl (C=O) groups excluding carboxylic acids is 1. The third-order valence-electron chi connectivity index (χ3n) is 3.75. The molecular formula is C20H23NO2S. The first-order valence-electron chi connectivity index (χ1n) is 7.95. The van der Waals surface area contributed by atoms with Crippen molar-refractivity contribution in [2.24, 2.45) is 0 Å². The monoisotopic (exact) mass is 341 g/mol. The fourth-order valence-corrected chi connectivity index (χ4v) is 3.32. The lowest BCUT2D eigenvalue weighted by Gasteiger charge is -2.21. The van der Waals surface area contributed by atoms with E-state index in [4.69, 9.17) is 0 Å². The topological polar surface area (TPSA) is 37.4 Å². The molecule has 2 aromatic carbocycles. The van der Waals surface area contributed by atoms with Crippen molar-refractivity contribution < 1.29 is 9.00 Å². The van der Waals surface area contributed by atoms with Crippen LogP contribution in [0.1, 0.15) is 18.1 Å². The number of amides is 1. The molecule has 2 aromatic rings. The Kier molecular flexibility index (Phi) is 6.94. The molecule has 0 aliphatic carbocycles. The highest BCUT2D eigenvalue weighted by Gasteiger charge is 2.22. The molecule has 3 nitrogen and oxygen atoms in total. The average molecular weight is 341 g/mol. The van der Waals surface area contributed by atoms with Crippen LogP contribution < -0.4 is 0 Å². The summed E-state index contributed by atoms with van der Waals surface area (Å²) >= 11 is 0.